The topological polar surface area (TPSA) is 95.6 Å². The van der Waals surface area contributed by atoms with Crippen molar-refractivity contribution < 1.29 is 22.4 Å². The number of amides is 2. The molecule has 0 radical (unpaired) electrons. The summed E-state index contributed by atoms with van der Waals surface area (Å²) in [6.07, 6.45) is 2.11. The van der Waals surface area contributed by atoms with Crippen LogP contribution in [0.25, 0.3) is 0 Å². The van der Waals surface area contributed by atoms with Gasteiger partial charge in [0.05, 0.1) is 6.54 Å². The third-order valence-corrected chi connectivity index (χ3v) is 6.78. The van der Waals surface area contributed by atoms with Gasteiger partial charge in [-0.2, -0.15) is 4.31 Å². The van der Waals surface area contributed by atoms with Crippen LogP contribution < -0.4 is 10.6 Å². The largest absolute Gasteiger partial charge is 0.354 e. The van der Waals surface area contributed by atoms with E-state index in [4.69, 9.17) is 0 Å². The lowest BCUT2D eigenvalue weighted by molar-refractivity contribution is -0.120. The van der Waals surface area contributed by atoms with Crippen molar-refractivity contribution in [3.8, 4) is 0 Å². The standard InChI is InChI=1S/C21H24FN3O4S/c22-18-9-8-17(14-19(18)30(28,29)25-12-4-5-13-25)21(27)24-15-20(26)23-11-10-16-6-2-1-3-7-16/h1-3,6-9,14H,4-5,10-13,15H2,(H,23,26)(H,24,27). The number of benzene rings is 2. The highest BCUT2D eigenvalue weighted by atomic mass is 32.2. The van der Waals surface area contributed by atoms with Crippen LogP contribution in [-0.4, -0.2) is 50.7 Å². The summed E-state index contributed by atoms with van der Waals surface area (Å²) in [5, 5.41) is 5.14. The Morgan fingerprint density at radius 3 is 2.40 bits per heavy atom. The van der Waals surface area contributed by atoms with E-state index in [0.717, 1.165) is 30.5 Å². The molecular formula is C21H24FN3O4S. The van der Waals surface area contributed by atoms with Gasteiger partial charge < -0.3 is 10.6 Å². The van der Waals surface area contributed by atoms with Gasteiger partial charge in [-0.15, -0.1) is 0 Å². The average molecular weight is 434 g/mol. The number of carbonyl (C=O) groups is 2. The van der Waals surface area contributed by atoms with Gasteiger partial charge in [0, 0.05) is 25.2 Å². The summed E-state index contributed by atoms with van der Waals surface area (Å²) in [5.74, 6) is -1.92. The van der Waals surface area contributed by atoms with Crippen LogP contribution in [0.15, 0.2) is 53.4 Å². The van der Waals surface area contributed by atoms with Crippen LogP contribution in [0.1, 0.15) is 28.8 Å². The first-order valence-corrected chi connectivity index (χ1v) is 11.2. The number of rotatable bonds is 8. The van der Waals surface area contributed by atoms with E-state index < -0.39 is 26.6 Å². The third kappa shape index (κ3) is 5.43. The van der Waals surface area contributed by atoms with E-state index in [2.05, 4.69) is 10.6 Å². The van der Waals surface area contributed by atoms with Crippen molar-refractivity contribution in [2.75, 3.05) is 26.2 Å². The maximum Gasteiger partial charge on any atom is 0.251 e. The maximum atomic E-state index is 14.2. The number of hydrogen-bond donors (Lipinski definition) is 2. The molecule has 2 amide bonds. The van der Waals surface area contributed by atoms with Gasteiger partial charge in [0.15, 0.2) is 0 Å². The summed E-state index contributed by atoms with van der Waals surface area (Å²) in [6.45, 7) is 0.829. The summed E-state index contributed by atoms with van der Waals surface area (Å²) in [4.78, 5) is 23.7. The van der Waals surface area contributed by atoms with E-state index in [9.17, 15) is 22.4 Å². The molecule has 0 atom stereocenters. The Kier molecular flexibility index (Phi) is 7.17. The second-order valence-electron chi connectivity index (χ2n) is 7.02. The molecule has 0 aromatic heterocycles. The molecule has 9 heteroatoms. The molecule has 1 heterocycles. The van der Waals surface area contributed by atoms with Crippen LogP contribution in [0, 0.1) is 5.82 Å². The van der Waals surface area contributed by atoms with Crippen molar-refractivity contribution in [3.05, 3.63) is 65.5 Å². The van der Waals surface area contributed by atoms with Gasteiger partial charge in [0.1, 0.15) is 10.7 Å². The van der Waals surface area contributed by atoms with Crippen molar-refractivity contribution in [1.29, 1.82) is 0 Å². The van der Waals surface area contributed by atoms with E-state index in [-0.39, 0.29) is 18.0 Å². The highest BCUT2D eigenvalue weighted by Crippen LogP contribution is 2.24. The molecule has 1 aliphatic rings. The Labute approximate surface area is 175 Å². The quantitative estimate of drug-likeness (QED) is 0.662. The minimum Gasteiger partial charge on any atom is -0.354 e. The van der Waals surface area contributed by atoms with Crippen molar-refractivity contribution in [1.82, 2.24) is 14.9 Å². The van der Waals surface area contributed by atoms with Crippen molar-refractivity contribution >= 4 is 21.8 Å². The van der Waals surface area contributed by atoms with Gasteiger partial charge in [-0.25, -0.2) is 12.8 Å². The van der Waals surface area contributed by atoms with Gasteiger partial charge in [0.2, 0.25) is 15.9 Å². The molecule has 160 valence electrons. The molecule has 0 saturated carbocycles. The number of sulfonamides is 1. The molecule has 0 unspecified atom stereocenters. The Hall–Kier alpha value is -2.78. The van der Waals surface area contributed by atoms with E-state index in [1.807, 2.05) is 30.3 Å². The summed E-state index contributed by atoms with van der Waals surface area (Å²) < 4.78 is 40.6. The fourth-order valence-electron chi connectivity index (χ4n) is 3.23. The molecule has 1 aliphatic heterocycles. The van der Waals surface area contributed by atoms with Gasteiger partial charge in [-0.1, -0.05) is 30.3 Å². The second kappa shape index (κ2) is 9.82. The molecule has 1 saturated heterocycles. The first-order valence-electron chi connectivity index (χ1n) is 9.76. The molecular weight excluding hydrogens is 409 g/mol. The summed E-state index contributed by atoms with van der Waals surface area (Å²) >= 11 is 0. The Morgan fingerprint density at radius 1 is 1.00 bits per heavy atom. The zero-order chi connectivity index (χ0) is 21.6. The van der Waals surface area contributed by atoms with Gasteiger partial charge in [0.25, 0.3) is 5.91 Å². The molecule has 2 aromatic rings. The molecule has 2 N–H and O–H groups in total. The SMILES string of the molecule is O=C(CNC(=O)c1ccc(F)c(S(=O)(=O)N2CCCC2)c1)NCCc1ccccc1. The number of hydrogen-bond acceptors (Lipinski definition) is 4. The predicted octanol–water partition coefficient (Wildman–Crippen LogP) is 1.70. The monoisotopic (exact) mass is 433 g/mol. The van der Waals surface area contributed by atoms with Gasteiger partial charge in [-0.3, -0.25) is 9.59 Å². The van der Waals surface area contributed by atoms with Crippen molar-refractivity contribution in [3.63, 3.8) is 0 Å². The van der Waals surface area contributed by atoms with Crippen LogP contribution in [0.4, 0.5) is 4.39 Å². The fourth-order valence-corrected chi connectivity index (χ4v) is 4.83. The lowest BCUT2D eigenvalue weighted by Gasteiger charge is -2.16. The lowest BCUT2D eigenvalue weighted by Crippen LogP contribution is -2.37. The molecule has 0 spiro atoms. The Morgan fingerprint density at radius 2 is 1.70 bits per heavy atom. The first-order chi connectivity index (χ1) is 14.4. The lowest BCUT2D eigenvalue weighted by atomic mass is 10.1. The highest BCUT2D eigenvalue weighted by molar-refractivity contribution is 7.89. The van der Waals surface area contributed by atoms with Crippen LogP contribution >= 0.6 is 0 Å². The smallest absolute Gasteiger partial charge is 0.251 e. The van der Waals surface area contributed by atoms with E-state index in [0.29, 0.717) is 26.1 Å². The Balaban J connectivity index is 1.55. The van der Waals surface area contributed by atoms with Crippen molar-refractivity contribution in [2.45, 2.75) is 24.2 Å². The van der Waals surface area contributed by atoms with Crippen LogP contribution in [-0.2, 0) is 21.2 Å². The van der Waals surface area contributed by atoms with Crippen LogP contribution in [0.3, 0.4) is 0 Å². The van der Waals surface area contributed by atoms with E-state index in [1.165, 1.54) is 10.4 Å². The van der Waals surface area contributed by atoms with Crippen molar-refractivity contribution in [2.24, 2.45) is 0 Å². The number of carbonyl (C=O) groups excluding carboxylic acids is 2. The molecule has 0 bridgehead atoms. The Bertz CT molecular complexity index is 1010. The van der Waals surface area contributed by atoms with Crippen LogP contribution in [0.2, 0.25) is 0 Å². The highest BCUT2D eigenvalue weighted by Gasteiger charge is 2.30. The summed E-state index contributed by atoms with van der Waals surface area (Å²) in [7, 11) is -4.00. The first kappa shape index (κ1) is 21.9. The average Bonchev–Trinajstić information content (AvgIpc) is 3.29. The molecule has 3 rings (SSSR count). The summed E-state index contributed by atoms with van der Waals surface area (Å²) in [6, 6.07) is 12.8. The zero-order valence-electron chi connectivity index (χ0n) is 16.4. The van der Waals surface area contributed by atoms with Crippen LogP contribution in [0.5, 0.6) is 0 Å². The number of nitrogens with one attached hydrogen (secondary N) is 2. The second-order valence-corrected chi connectivity index (χ2v) is 8.93. The normalized spacial score (nSPS) is 14.4. The fraction of sp³-hybridized carbons (Fsp3) is 0.333. The third-order valence-electron chi connectivity index (χ3n) is 4.86. The molecule has 0 aliphatic carbocycles. The minimum atomic E-state index is -4.00. The molecule has 1 fully saturated rings. The minimum absolute atomic E-state index is 0.0220. The van der Waals surface area contributed by atoms with E-state index >= 15 is 0 Å². The predicted molar refractivity (Wildman–Crippen MR) is 110 cm³/mol. The van der Waals surface area contributed by atoms with Gasteiger partial charge >= 0.3 is 0 Å². The zero-order valence-corrected chi connectivity index (χ0v) is 17.3. The molecule has 30 heavy (non-hydrogen) atoms. The maximum absolute atomic E-state index is 14.2. The molecule has 7 nitrogen and oxygen atoms in total. The molecule has 2 aromatic carbocycles. The summed E-state index contributed by atoms with van der Waals surface area (Å²) in [5.41, 5.74) is 1.06. The number of nitrogens with zero attached hydrogens (tertiary/aromatic N) is 1. The number of halogens is 1. The van der Waals surface area contributed by atoms with Gasteiger partial charge in [-0.05, 0) is 43.0 Å². The van der Waals surface area contributed by atoms with E-state index in [1.54, 1.807) is 0 Å².